The Bertz CT molecular complexity index is 532. The molecule has 0 radical (unpaired) electrons. The highest BCUT2D eigenvalue weighted by atomic mass is 31.0. The lowest BCUT2D eigenvalue weighted by atomic mass is 9.51. The number of rotatable bonds is 1. The molecule has 1 saturated heterocycles. The van der Waals surface area contributed by atoms with E-state index in [0.29, 0.717) is 11.5 Å². The van der Waals surface area contributed by atoms with Crippen molar-refractivity contribution in [2.75, 3.05) is 6.54 Å². The monoisotopic (exact) mass is 289 g/mol. The number of hydrogen-bond donors (Lipinski definition) is 1. The van der Waals surface area contributed by atoms with Crippen LogP contribution in [0.3, 0.4) is 0 Å². The Morgan fingerprint density at radius 2 is 2.25 bits per heavy atom. The fourth-order valence-electron chi connectivity index (χ4n) is 5.28. The molecule has 3 aliphatic rings. The molecule has 2 aliphatic carbocycles. The van der Waals surface area contributed by atoms with Gasteiger partial charge in [-0.3, -0.25) is 0 Å². The van der Waals surface area contributed by atoms with Crippen molar-refractivity contribution in [3.8, 4) is 5.75 Å². The number of benzene rings is 1. The molecule has 1 N–H and O–H groups in total. The number of hydrogen-bond acceptors (Lipinski definition) is 2. The Balaban J connectivity index is 1.87. The summed E-state index contributed by atoms with van der Waals surface area (Å²) >= 11 is 0. The third-order valence-corrected chi connectivity index (χ3v) is 6.32. The minimum absolute atomic E-state index is 0.417. The highest BCUT2D eigenvalue weighted by Gasteiger charge is 2.52. The fraction of sp³-hybridized carbons (Fsp3) is 0.647. The lowest BCUT2D eigenvalue weighted by Crippen LogP contribution is -2.60. The summed E-state index contributed by atoms with van der Waals surface area (Å²) in [6, 6.07) is 7.44. The Morgan fingerprint density at radius 3 is 3.10 bits per heavy atom. The van der Waals surface area contributed by atoms with Crippen LogP contribution in [0.2, 0.25) is 0 Å². The van der Waals surface area contributed by atoms with Gasteiger partial charge in [-0.1, -0.05) is 19.4 Å². The molecule has 4 rings (SSSR count). The molecule has 0 spiro atoms. The third-order valence-electron chi connectivity index (χ3n) is 6.05. The van der Waals surface area contributed by atoms with Crippen LogP contribution in [-0.2, 0) is 11.8 Å². The van der Waals surface area contributed by atoms with E-state index < -0.39 is 0 Å². The van der Waals surface area contributed by atoms with E-state index in [1.165, 1.54) is 38.6 Å². The van der Waals surface area contributed by atoms with Crippen LogP contribution in [0.1, 0.15) is 43.7 Å². The zero-order valence-electron chi connectivity index (χ0n) is 12.2. The molecule has 1 heterocycles. The molecule has 1 aromatic carbocycles. The van der Waals surface area contributed by atoms with Gasteiger partial charge in [-0.05, 0) is 67.3 Å². The molecule has 1 saturated carbocycles. The van der Waals surface area contributed by atoms with Gasteiger partial charge in [0.05, 0.1) is 9.47 Å². The molecule has 3 heteroatoms. The average Bonchev–Trinajstić information content (AvgIpc) is 2.46. The zero-order chi connectivity index (χ0) is 13.7. The molecule has 0 amide bonds. The normalized spacial score (nSPS) is 38.8. The molecule has 108 valence electrons. The summed E-state index contributed by atoms with van der Waals surface area (Å²) in [5.41, 5.74) is 3.57. The van der Waals surface area contributed by atoms with Crippen molar-refractivity contribution in [2.24, 2.45) is 11.8 Å². The summed E-state index contributed by atoms with van der Waals surface area (Å²) in [7, 11) is 2.39. The molecule has 3 unspecified atom stereocenters. The molecule has 1 aliphatic heterocycles. The van der Waals surface area contributed by atoms with Crippen molar-refractivity contribution in [3.63, 3.8) is 0 Å². The van der Waals surface area contributed by atoms with Crippen molar-refractivity contribution >= 4 is 9.47 Å². The molecule has 20 heavy (non-hydrogen) atoms. The Hall–Kier alpha value is -0.590. The van der Waals surface area contributed by atoms with Gasteiger partial charge < -0.3 is 9.84 Å². The highest BCUT2D eigenvalue weighted by molar-refractivity contribution is 7.10. The molecular weight excluding hydrogens is 265 g/mol. The third kappa shape index (κ3) is 1.77. The maximum atomic E-state index is 5.42. The maximum absolute atomic E-state index is 5.42. The lowest BCUT2D eigenvalue weighted by Gasteiger charge is -2.57. The quantitative estimate of drug-likeness (QED) is 0.800. The standard InChI is InChI=1S/C17H24NOP/c1-11-2-5-14-16-8-12-3-4-13(19-20)9-15(12)17(14,10-11)6-7-18-16/h3-4,9,11,14,16,18H,2,5-8,10,20H2,1H3/t11?,14?,16-,17+/m1/s1. The minimum Gasteiger partial charge on any atom is -0.480 e. The number of piperidine rings is 1. The summed E-state index contributed by atoms with van der Waals surface area (Å²) in [5, 5.41) is 3.79. The molecular formula is C17H24NOP. The van der Waals surface area contributed by atoms with Crippen LogP contribution in [-0.4, -0.2) is 12.6 Å². The van der Waals surface area contributed by atoms with Gasteiger partial charge in [0.1, 0.15) is 5.75 Å². The zero-order valence-corrected chi connectivity index (χ0v) is 13.3. The second kappa shape index (κ2) is 4.71. The second-order valence-corrected chi connectivity index (χ2v) is 7.34. The topological polar surface area (TPSA) is 21.3 Å². The van der Waals surface area contributed by atoms with Crippen molar-refractivity contribution in [1.29, 1.82) is 0 Å². The summed E-state index contributed by atoms with van der Waals surface area (Å²) in [4.78, 5) is 0. The molecule has 2 fully saturated rings. The van der Waals surface area contributed by atoms with Gasteiger partial charge in [-0.25, -0.2) is 0 Å². The van der Waals surface area contributed by atoms with Crippen LogP contribution in [0.5, 0.6) is 5.75 Å². The molecule has 5 atom stereocenters. The Labute approximate surface area is 124 Å². The summed E-state index contributed by atoms with van der Waals surface area (Å²) < 4.78 is 5.42. The average molecular weight is 289 g/mol. The van der Waals surface area contributed by atoms with Crippen molar-refractivity contribution in [3.05, 3.63) is 29.3 Å². The lowest BCUT2D eigenvalue weighted by molar-refractivity contribution is 0.0564. The first kappa shape index (κ1) is 13.1. The van der Waals surface area contributed by atoms with Crippen molar-refractivity contribution in [1.82, 2.24) is 5.32 Å². The summed E-state index contributed by atoms with van der Waals surface area (Å²) in [6.07, 6.45) is 6.66. The minimum atomic E-state index is 0.417. The van der Waals surface area contributed by atoms with E-state index in [2.05, 4.69) is 39.9 Å². The molecule has 2 nitrogen and oxygen atoms in total. The van der Waals surface area contributed by atoms with Gasteiger partial charge in [0.15, 0.2) is 0 Å². The highest BCUT2D eigenvalue weighted by Crippen LogP contribution is 2.55. The first-order chi connectivity index (χ1) is 9.73. The SMILES string of the molecule is CC1CCC2[C@H]3Cc4ccc(OP)cc4[C@@]2(CCN3)C1. The van der Waals surface area contributed by atoms with Crippen LogP contribution in [0.25, 0.3) is 0 Å². The maximum Gasteiger partial charge on any atom is 0.122 e. The largest absolute Gasteiger partial charge is 0.480 e. The number of fused-ring (bicyclic) bond motifs is 1. The summed E-state index contributed by atoms with van der Waals surface area (Å²) in [5.74, 6) is 2.69. The van der Waals surface area contributed by atoms with E-state index in [9.17, 15) is 0 Å². The van der Waals surface area contributed by atoms with Crippen molar-refractivity contribution < 1.29 is 4.52 Å². The van der Waals surface area contributed by atoms with Crippen LogP contribution >= 0.6 is 9.47 Å². The van der Waals surface area contributed by atoms with Gasteiger partial charge in [0.2, 0.25) is 0 Å². The Morgan fingerprint density at radius 1 is 1.35 bits per heavy atom. The van der Waals surface area contributed by atoms with E-state index in [4.69, 9.17) is 4.52 Å². The van der Waals surface area contributed by atoms with Crippen LogP contribution in [0, 0.1) is 11.8 Å². The van der Waals surface area contributed by atoms with Gasteiger partial charge in [0, 0.05) is 11.5 Å². The Kier molecular flexibility index (Phi) is 3.09. The van der Waals surface area contributed by atoms with Gasteiger partial charge in [-0.2, -0.15) is 0 Å². The van der Waals surface area contributed by atoms with Crippen LogP contribution in [0.4, 0.5) is 0 Å². The van der Waals surface area contributed by atoms with Gasteiger partial charge in [-0.15, -0.1) is 0 Å². The first-order valence-electron chi connectivity index (χ1n) is 7.96. The predicted molar refractivity (Wildman–Crippen MR) is 85.1 cm³/mol. The van der Waals surface area contributed by atoms with E-state index in [-0.39, 0.29) is 0 Å². The number of nitrogens with one attached hydrogen (secondary N) is 1. The second-order valence-electron chi connectivity index (χ2n) is 7.10. The van der Waals surface area contributed by atoms with E-state index in [0.717, 1.165) is 17.6 Å². The summed E-state index contributed by atoms with van der Waals surface area (Å²) in [6.45, 7) is 3.62. The smallest absolute Gasteiger partial charge is 0.122 e. The van der Waals surface area contributed by atoms with Gasteiger partial charge >= 0.3 is 0 Å². The molecule has 0 aromatic heterocycles. The van der Waals surface area contributed by atoms with Crippen LogP contribution < -0.4 is 9.84 Å². The van der Waals surface area contributed by atoms with Gasteiger partial charge in [0.25, 0.3) is 0 Å². The fourth-order valence-corrected chi connectivity index (χ4v) is 5.42. The van der Waals surface area contributed by atoms with E-state index in [1.54, 1.807) is 11.1 Å². The van der Waals surface area contributed by atoms with Crippen molar-refractivity contribution in [2.45, 2.75) is 50.5 Å². The van der Waals surface area contributed by atoms with E-state index in [1.807, 2.05) is 0 Å². The predicted octanol–water partition coefficient (Wildman–Crippen LogP) is 3.45. The first-order valence-corrected chi connectivity index (χ1v) is 8.43. The van der Waals surface area contributed by atoms with Crippen LogP contribution in [0.15, 0.2) is 18.2 Å². The van der Waals surface area contributed by atoms with E-state index >= 15 is 0 Å². The molecule has 2 bridgehead atoms. The molecule has 1 aromatic rings.